The second-order valence-corrected chi connectivity index (χ2v) is 6.00. The zero-order valence-electron chi connectivity index (χ0n) is 9.41. The minimum atomic E-state index is -3.71. The van der Waals surface area contributed by atoms with E-state index in [4.69, 9.17) is 16.6 Å². The molecule has 0 saturated carbocycles. The molecule has 0 atom stereocenters. The summed E-state index contributed by atoms with van der Waals surface area (Å²) in [5.41, 5.74) is 10.8. The second kappa shape index (κ2) is 4.23. The maximum Gasteiger partial charge on any atom is 0.248 e. The molecule has 0 unspecified atom stereocenters. The Morgan fingerprint density at radius 3 is 2.44 bits per heavy atom. The van der Waals surface area contributed by atoms with E-state index in [1.807, 2.05) is 0 Å². The highest BCUT2D eigenvalue weighted by Crippen LogP contribution is 2.26. The fraction of sp³-hybridized carbons (Fsp3) is 0.300. The number of rotatable bonds is 3. The summed E-state index contributed by atoms with van der Waals surface area (Å²) in [5, 5.41) is 9.12. The third kappa shape index (κ3) is 2.05. The standard InChI is InChI=1S/C10H13N3O4S/c11-8-3-6(10(12)15)1-2-9(8)18(16,17)13-4-7(14)5-13/h1-3,7,14H,4-5,11H2,(H2,12,15). The summed E-state index contributed by atoms with van der Waals surface area (Å²) >= 11 is 0. The molecule has 0 spiro atoms. The van der Waals surface area contributed by atoms with Crippen molar-refractivity contribution in [1.29, 1.82) is 0 Å². The van der Waals surface area contributed by atoms with Crippen molar-refractivity contribution in [3.8, 4) is 0 Å². The summed E-state index contributed by atoms with van der Waals surface area (Å²) in [7, 11) is -3.71. The van der Waals surface area contributed by atoms with Crippen LogP contribution in [-0.4, -0.2) is 42.9 Å². The number of amides is 1. The lowest BCUT2D eigenvalue weighted by molar-refractivity contribution is 0.0548. The molecule has 1 saturated heterocycles. The number of nitrogen functional groups attached to an aromatic ring is 1. The Morgan fingerprint density at radius 1 is 1.39 bits per heavy atom. The molecule has 18 heavy (non-hydrogen) atoms. The van der Waals surface area contributed by atoms with Crippen LogP contribution in [0.1, 0.15) is 10.4 Å². The number of hydrogen-bond acceptors (Lipinski definition) is 5. The van der Waals surface area contributed by atoms with Crippen molar-refractivity contribution in [2.24, 2.45) is 5.73 Å². The lowest BCUT2D eigenvalue weighted by Gasteiger charge is -2.34. The van der Waals surface area contributed by atoms with E-state index >= 15 is 0 Å². The Bertz CT molecular complexity index is 593. The minimum absolute atomic E-state index is 0.0345. The van der Waals surface area contributed by atoms with Gasteiger partial charge in [0.2, 0.25) is 15.9 Å². The van der Waals surface area contributed by atoms with Crippen molar-refractivity contribution in [2.45, 2.75) is 11.0 Å². The number of carbonyl (C=O) groups is 1. The molecule has 0 bridgehead atoms. The van der Waals surface area contributed by atoms with E-state index in [1.165, 1.54) is 18.2 Å². The van der Waals surface area contributed by atoms with Gasteiger partial charge in [-0.1, -0.05) is 0 Å². The minimum Gasteiger partial charge on any atom is -0.398 e. The van der Waals surface area contributed by atoms with E-state index in [9.17, 15) is 13.2 Å². The molecule has 1 aromatic rings. The Balaban J connectivity index is 2.37. The summed E-state index contributed by atoms with van der Waals surface area (Å²) in [6, 6.07) is 3.78. The molecule has 98 valence electrons. The first-order chi connectivity index (χ1) is 8.32. The summed E-state index contributed by atoms with van der Waals surface area (Å²) in [4.78, 5) is 10.8. The van der Waals surface area contributed by atoms with E-state index in [1.54, 1.807) is 0 Å². The van der Waals surface area contributed by atoms with E-state index in [0.29, 0.717) is 0 Å². The average molecular weight is 271 g/mol. The number of benzene rings is 1. The van der Waals surface area contributed by atoms with Crippen molar-refractivity contribution in [2.75, 3.05) is 18.8 Å². The lowest BCUT2D eigenvalue weighted by atomic mass is 10.2. The molecule has 1 amide bonds. The van der Waals surface area contributed by atoms with Gasteiger partial charge in [-0.2, -0.15) is 4.31 Å². The first-order valence-electron chi connectivity index (χ1n) is 5.20. The smallest absolute Gasteiger partial charge is 0.248 e. The number of primary amides is 1. The van der Waals surface area contributed by atoms with Crippen molar-refractivity contribution in [1.82, 2.24) is 4.31 Å². The van der Waals surface area contributed by atoms with Gasteiger partial charge < -0.3 is 16.6 Å². The first-order valence-corrected chi connectivity index (χ1v) is 6.64. The molecule has 1 aliphatic heterocycles. The fourth-order valence-electron chi connectivity index (χ4n) is 1.69. The summed E-state index contributed by atoms with van der Waals surface area (Å²) in [6.07, 6.45) is -0.633. The predicted molar refractivity (Wildman–Crippen MR) is 64.1 cm³/mol. The number of hydrogen-bond donors (Lipinski definition) is 3. The van der Waals surface area contributed by atoms with Crippen LogP contribution >= 0.6 is 0 Å². The number of sulfonamides is 1. The first kappa shape index (κ1) is 12.8. The van der Waals surface area contributed by atoms with E-state index in [2.05, 4.69) is 0 Å². The van der Waals surface area contributed by atoms with Crippen LogP contribution in [-0.2, 0) is 10.0 Å². The molecular weight excluding hydrogens is 258 g/mol. The predicted octanol–water partition coefficient (Wildman–Crippen LogP) is -1.27. The van der Waals surface area contributed by atoms with Gasteiger partial charge in [0.05, 0.1) is 11.8 Å². The highest BCUT2D eigenvalue weighted by atomic mass is 32.2. The molecule has 1 fully saturated rings. The van der Waals surface area contributed by atoms with Crippen LogP contribution in [0.25, 0.3) is 0 Å². The second-order valence-electron chi connectivity index (χ2n) is 4.09. The Labute approximate surface area is 104 Å². The van der Waals surface area contributed by atoms with Crippen molar-refractivity contribution in [3.63, 3.8) is 0 Å². The molecule has 1 aliphatic rings. The van der Waals surface area contributed by atoms with Crippen LogP contribution in [0.3, 0.4) is 0 Å². The number of β-amino-alcohol motifs (C(OH)–C–C–N with tert-alkyl or cyclic N) is 1. The molecule has 7 nitrogen and oxygen atoms in total. The highest BCUT2D eigenvalue weighted by Gasteiger charge is 2.36. The number of aliphatic hydroxyl groups excluding tert-OH is 1. The molecule has 1 aromatic carbocycles. The van der Waals surface area contributed by atoms with E-state index in [-0.39, 0.29) is 29.2 Å². The van der Waals surface area contributed by atoms with Crippen molar-refractivity contribution >= 4 is 21.6 Å². The zero-order chi connectivity index (χ0) is 13.5. The van der Waals surface area contributed by atoms with Crippen LogP contribution < -0.4 is 11.5 Å². The topological polar surface area (TPSA) is 127 Å². The quantitative estimate of drug-likeness (QED) is 0.591. The lowest BCUT2D eigenvalue weighted by Crippen LogP contribution is -2.53. The van der Waals surface area contributed by atoms with Gasteiger partial charge in [0.1, 0.15) is 4.90 Å². The third-order valence-corrected chi connectivity index (χ3v) is 4.65. The van der Waals surface area contributed by atoms with Crippen LogP contribution in [0.5, 0.6) is 0 Å². The maximum atomic E-state index is 12.1. The molecule has 0 aliphatic carbocycles. The molecule has 1 heterocycles. The van der Waals surface area contributed by atoms with Gasteiger partial charge in [-0.25, -0.2) is 8.42 Å². The average Bonchev–Trinajstić information content (AvgIpc) is 2.24. The van der Waals surface area contributed by atoms with Gasteiger partial charge in [-0.15, -0.1) is 0 Å². The molecule has 0 radical (unpaired) electrons. The van der Waals surface area contributed by atoms with Crippen molar-refractivity contribution < 1.29 is 18.3 Å². The van der Waals surface area contributed by atoms with Crippen LogP contribution in [0.4, 0.5) is 5.69 Å². The van der Waals surface area contributed by atoms with Gasteiger partial charge in [-0.3, -0.25) is 4.79 Å². The molecule has 8 heteroatoms. The highest BCUT2D eigenvalue weighted by molar-refractivity contribution is 7.89. The normalized spacial score (nSPS) is 17.4. The van der Waals surface area contributed by atoms with Gasteiger partial charge in [0.25, 0.3) is 0 Å². The number of carbonyl (C=O) groups excluding carboxylic acids is 1. The fourth-order valence-corrected chi connectivity index (χ4v) is 3.30. The Kier molecular flexibility index (Phi) is 3.01. The summed E-state index contributed by atoms with van der Waals surface area (Å²) < 4.78 is 25.3. The van der Waals surface area contributed by atoms with E-state index in [0.717, 1.165) is 4.31 Å². The van der Waals surface area contributed by atoms with Gasteiger partial charge in [0, 0.05) is 18.7 Å². The summed E-state index contributed by atoms with van der Waals surface area (Å²) in [6.45, 7) is 0.110. The van der Waals surface area contributed by atoms with E-state index < -0.39 is 22.0 Å². The van der Waals surface area contributed by atoms with Crippen molar-refractivity contribution in [3.05, 3.63) is 23.8 Å². The largest absolute Gasteiger partial charge is 0.398 e. The maximum absolute atomic E-state index is 12.1. The molecule has 0 aromatic heterocycles. The SMILES string of the molecule is NC(=O)c1ccc(S(=O)(=O)N2CC(O)C2)c(N)c1. The molecular formula is C10H13N3O4S. The number of aliphatic hydroxyl groups is 1. The monoisotopic (exact) mass is 271 g/mol. The summed E-state index contributed by atoms with van der Waals surface area (Å²) in [5.74, 6) is -0.676. The number of nitrogens with zero attached hydrogens (tertiary/aromatic N) is 1. The third-order valence-electron chi connectivity index (χ3n) is 2.74. The molecule has 2 rings (SSSR count). The Morgan fingerprint density at radius 2 is 2.00 bits per heavy atom. The number of nitrogens with two attached hydrogens (primary N) is 2. The van der Waals surface area contributed by atoms with Crippen LogP contribution in [0, 0.1) is 0 Å². The van der Waals surface area contributed by atoms with Crippen LogP contribution in [0.15, 0.2) is 23.1 Å². The number of anilines is 1. The zero-order valence-corrected chi connectivity index (χ0v) is 10.2. The van der Waals surface area contributed by atoms with Gasteiger partial charge in [0.15, 0.2) is 0 Å². The Hall–Kier alpha value is -1.64. The van der Waals surface area contributed by atoms with Gasteiger partial charge in [-0.05, 0) is 18.2 Å². The van der Waals surface area contributed by atoms with Crippen LogP contribution in [0.2, 0.25) is 0 Å². The molecule has 5 N–H and O–H groups in total. The van der Waals surface area contributed by atoms with Gasteiger partial charge >= 0.3 is 0 Å².